The van der Waals surface area contributed by atoms with Crippen molar-refractivity contribution in [3.8, 4) is 22.4 Å². The maximum absolute atomic E-state index is 6.44. The average Bonchev–Trinajstić information content (AvgIpc) is 3.54. The van der Waals surface area contributed by atoms with Crippen LogP contribution in [0.15, 0.2) is 167 Å². The Morgan fingerprint density at radius 2 is 1.19 bits per heavy atom. The van der Waals surface area contributed by atoms with Gasteiger partial charge in [0.15, 0.2) is 0 Å². The third-order valence-electron chi connectivity index (χ3n) is 9.04. The molecule has 2 unspecified atom stereocenters. The molecule has 0 fully saturated rings. The van der Waals surface area contributed by atoms with Crippen LogP contribution in [0, 0.1) is 0 Å². The number of hydrogen-bond donors (Lipinski definition) is 2. The standard InChI is InChI=1S/C42H30N4O/c1-4-12-27(13-5-1)30-20-21-35-37(26-30)47-36-24-25-43-39(38(35)36)33-22-23-34(32-19-11-10-18-31(32)33)42-45-40(28-14-6-2-7-15-28)44-41(46-42)29-16-8-3-9-17-29/h1-26,40-41,44H,(H,45,46). The van der Waals surface area contributed by atoms with Crippen molar-refractivity contribution < 1.29 is 4.42 Å². The van der Waals surface area contributed by atoms with Gasteiger partial charge in [0.1, 0.15) is 29.3 Å². The molecule has 5 heteroatoms. The van der Waals surface area contributed by atoms with E-state index >= 15 is 0 Å². The largest absolute Gasteiger partial charge is 0.456 e. The second kappa shape index (κ2) is 11.4. The van der Waals surface area contributed by atoms with Gasteiger partial charge in [0, 0.05) is 22.7 Å². The van der Waals surface area contributed by atoms with Crippen LogP contribution in [-0.4, -0.2) is 10.8 Å². The zero-order valence-electron chi connectivity index (χ0n) is 25.5. The number of fused-ring (bicyclic) bond motifs is 4. The lowest BCUT2D eigenvalue weighted by Crippen LogP contribution is -2.45. The molecular weight excluding hydrogens is 576 g/mol. The van der Waals surface area contributed by atoms with E-state index in [1.165, 1.54) is 0 Å². The van der Waals surface area contributed by atoms with Crippen LogP contribution in [0.25, 0.3) is 55.1 Å². The lowest BCUT2D eigenvalue weighted by molar-refractivity contribution is 0.409. The molecule has 1 aliphatic rings. The molecule has 0 amide bonds. The van der Waals surface area contributed by atoms with E-state index in [9.17, 15) is 0 Å². The topological polar surface area (TPSA) is 62.5 Å². The third kappa shape index (κ3) is 4.85. The molecular formula is C42H30N4O. The molecule has 8 aromatic rings. The molecule has 5 nitrogen and oxygen atoms in total. The highest BCUT2D eigenvalue weighted by Gasteiger charge is 2.27. The van der Waals surface area contributed by atoms with Crippen LogP contribution < -0.4 is 10.6 Å². The van der Waals surface area contributed by atoms with E-state index in [4.69, 9.17) is 14.4 Å². The molecule has 0 bridgehead atoms. The summed E-state index contributed by atoms with van der Waals surface area (Å²) >= 11 is 0. The highest BCUT2D eigenvalue weighted by Crippen LogP contribution is 2.40. The summed E-state index contributed by atoms with van der Waals surface area (Å²) in [5, 5.41) is 11.7. The summed E-state index contributed by atoms with van der Waals surface area (Å²) in [5.41, 5.74) is 9.23. The Morgan fingerprint density at radius 1 is 0.532 bits per heavy atom. The van der Waals surface area contributed by atoms with E-state index in [1.807, 2.05) is 30.5 Å². The Kier molecular flexibility index (Phi) is 6.61. The van der Waals surface area contributed by atoms with Crippen molar-refractivity contribution in [1.82, 2.24) is 15.6 Å². The SMILES string of the molecule is c1ccc(-c2ccc3c(c2)oc2ccnc(-c4ccc(C5=NC(c6ccccc6)NC(c6ccccc6)N5)c5ccccc45)c23)cc1. The zero-order chi connectivity index (χ0) is 31.2. The van der Waals surface area contributed by atoms with Crippen molar-refractivity contribution >= 4 is 38.5 Å². The second-order valence-electron chi connectivity index (χ2n) is 11.9. The lowest BCUT2D eigenvalue weighted by atomic mass is 9.94. The molecule has 47 heavy (non-hydrogen) atoms. The molecule has 0 radical (unpaired) electrons. The van der Waals surface area contributed by atoms with Crippen molar-refractivity contribution in [3.63, 3.8) is 0 Å². The van der Waals surface area contributed by atoms with Gasteiger partial charge in [-0.25, -0.2) is 4.99 Å². The van der Waals surface area contributed by atoms with Gasteiger partial charge in [-0.3, -0.25) is 10.3 Å². The van der Waals surface area contributed by atoms with Crippen LogP contribution >= 0.6 is 0 Å². The molecule has 9 rings (SSSR count). The molecule has 2 aromatic heterocycles. The van der Waals surface area contributed by atoms with E-state index in [0.717, 1.165) is 77.6 Å². The molecule has 2 N–H and O–H groups in total. The Bertz CT molecular complexity index is 2420. The van der Waals surface area contributed by atoms with Gasteiger partial charge >= 0.3 is 0 Å². The zero-order valence-corrected chi connectivity index (χ0v) is 25.5. The molecule has 0 saturated heterocycles. The number of rotatable bonds is 5. The average molecular weight is 607 g/mol. The normalized spacial score (nSPS) is 16.3. The summed E-state index contributed by atoms with van der Waals surface area (Å²) in [6.07, 6.45) is 1.53. The lowest BCUT2D eigenvalue weighted by Gasteiger charge is -2.32. The fourth-order valence-corrected chi connectivity index (χ4v) is 6.77. The van der Waals surface area contributed by atoms with Crippen molar-refractivity contribution in [2.45, 2.75) is 12.3 Å². The first-order valence-electron chi connectivity index (χ1n) is 15.9. The van der Waals surface area contributed by atoms with Crippen molar-refractivity contribution in [1.29, 1.82) is 0 Å². The summed E-state index contributed by atoms with van der Waals surface area (Å²) in [6.45, 7) is 0. The quantitative estimate of drug-likeness (QED) is 0.205. The Labute approximate surface area is 272 Å². The molecule has 3 heterocycles. The first kappa shape index (κ1) is 27.3. The second-order valence-corrected chi connectivity index (χ2v) is 11.9. The van der Waals surface area contributed by atoms with Crippen molar-refractivity contribution in [2.24, 2.45) is 4.99 Å². The predicted molar refractivity (Wildman–Crippen MR) is 191 cm³/mol. The molecule has 6 aromatic carbocycles. The van der Waals surface area contributed by atoms with Gasteiger partial charge in [0.2, 0.25) is 0 Å². The molecule has 0 spiro atoms. The number of nitrogens with one attached hydrogen (secondary N) is 2. The maximum atomic E-state index is 6.44. The molecule has 2 atom stereocenters. The predicted octanol–water partition coefficient (Wildman–Crippen LogP) is 9.81. The van der Waals surface area contributed by atoms with Gasteiger partial charge in [-0.1, -0.05) is 127 Å². The number of hydrogen-bond acceptors (Lipinski definition) is 5. The summed E-state index contributed by atoms with van der Waals surface area (Å²) in [5.74, 6) is 0.850. The summed E-state index contributed by atoms with van der Waals surface area (Å²) < 4.78 is 6.44. The highest BCUT2D eigenvalue weighted by atomic mass is 16.3. The van der Waals surface area contributed by atoms with E-state index in [2.05, 4.69) is 138 Å². The fourth-order valence-electron chi connectivity index (χ4n) is 6.77. The molecule has 0 aliphatic carbocycles. The van der Waals surface area contributed by atoms with Crippen LogP contribution in [0.4, 0.5) is 0 Å². The number of aliphatic imine (C=N–C) groups is 1. The van der Waals surface area contributed by atoms with E-state index < -0.39 is 0 Å². The van der Waals surface area contributed by atoms with E-state index in [-0.39, 0.29) is 12.3 Å². The highest BCUT2D eigenvalue weighted by molar-refractivity contribution is 6.17. The monoisotopic (exact) mass is 606 g/mol. The smallest absolute Gasteiger partial charge is 0.139 e. The van der Waals surface area contributed by atoms with Gasteiger partial charge in [-0.05, 0) is 57.3 Å². The van der Waals surface area contributed by atoms with Crippen LogP contribution in [0.2, 0.25) is 0 Å². The van der Waals surface area contributed by atoms with Gasteiger partial charge in [-0.2, -0.15) is 0 Å². The number of furan rings is 1. The first-order chi connectivity index (χ1) is 23.3. The van der Waals surface area contributed by atoms with E-state index in [0.29, 0.717) is 0 Å². The molecule has 0 saturated carbocycles. The summed E-state index contributed by atoms with van der Waals surface area (Å²) in [4.78, 5) is 10.2. The Morgan fingerprint density at radius 3 is 1.96 bits per heavy atom. The van der Waals surface area contributed by atoms with Crippen molar-refractivity contribution in [3.05, 3.63) is 175 Å². The third-order valence-corrected chi connectivity index (χ3v) is 9.04. The van der Waals surface area contributed by atoms with Gasteiger partial charge in [0.05, 0.1) is 11.1 Å². The number of amidine groups is 1. The minimum Gasteiger partial charge on any atom is -0.456 e. The van der Waals surface area contributed by atoms with Crippen LogP contribution in [0.3, 0.4) is 0 Å². The number of pyridine rings is 1. The first-order valence-corrected chi connectivity index (χ1v) is 15.9. The summed E-state index contributed by atoms with van der Waals surface area (Å²) in [7, 11) is 0. The molecule has 1 aliphatic heterocycles. The van der Waals surface area contributed by atoms with Crippen molar-refractivity contribution in [2.75, 3.05) is 0 Å². The van der Waals surface area contributed by atoms with Crippen LogP contribution in [-0.2, 0) is 0 Å². The minimum absolute atomic E-state index is 0.110. The maximum Gasteiger partial charge on any atom is 0.139 e. The van der Waals surface area contributed by atoms with Crippen LogP contribution in [0.5, 0.6) is 0 Å². The Balaban J connectivity index is 1.19. The minimum atomic E-state index is -0.204. The molecule has 224 valence electrons. The van der Waals surface area contributed by atoms with E-state index in [1.54, 1.807) is 0 Å². The number of aromatic nitrogens is 1. The summed E-state index contributed by atoms with van der Waals surface area (Å²) in [6, 6.07) is 52.6. The number of nitrogens with zero attached hydrogens (tertiary/aromatic N) is 2. The number of benzene rings is 6. The fraction of sp³-hybridized carbons (Fsp3) is 0.0476. The van der Waals surface area contributed by atoms with Crippen LogP contribution in [0.1, 0.15) is 29.0 Å². The van der Waals surface area contributed by atoms with Gasteiger partial charge < -0.3 is 9.73 Å². The van der Waals surface area contributed by atoms with Gasteiger partial charge in [-0.15, -0.1) is 0 Å². The van der Waals surface area contributed by atoms with Gasteiger partial charge in [0.25, 0.3) is 0 Å². The Hall–Kier alpha value is -6.04.